The summed E-state index contributed by atoms with van der Waals surface area (Å²) in [7, 11) is 0. The molecule has 0 N–H and O–H groups in total. The Morgan fingerprint density at radius 2 is 0.561 bits per heavy atom. The highest BCUT2D eigenvalue weighted by molar-refractivity contribution is 6.30. The molecule has 2 heterocycles. The van der Waals surface area contributed by atoms with Gasteiger partial charge in [0.2, 0.25) is 0 Å². The molecule has 0 aliphatic rings. The van der Waals surface area contributed by atoms with Crippen LogP contribution in [-0.4, -0.2) is 0 Å². The highest BCUT2D eigenvalue weighted by Crippen LogP contribution is 2.46. The summed E-state index contributed by atoms with van der Waals surface area (Å²) in [5.74, 6) is 1.86. The lowest BCUT2D eigenvalue weighted by molar-refractivity contribution is 0.666. The highest BCUT2D eigenvalue weighted by atomic mass is 16.3. The van der Waals surface area contributed by atoms with Crippen LogP contribution in [0.5, 0.6) is 0 Å². The minimum absolute atomic E-state index is 0.465. The number of rotatable bonds is 10. The number of anilines is 6. The predicted molar refractivity (Wildman–Crippen MR) is 282 cm³/mol. The summed E-state index contributed by atoms with van der Waals surface area (Å²) < 4.78 is 13.7. The molecule has 4 heteroatoms. The monoisotopic (exact) mass is 860 g/mol. The number of hydrogen-bond donors (Lipinski definition) is 0. The minimum Gasteiger partial charge on any atom is -0.455 e. The summed E-state index contributed by atoms with van der Waals surface area (Å²) in [6.07, 6.45) is 0. The summed E-state index contributed by atoms with van der Waals surface area (Å²) in [4.78, 5) is 4.72. The maximum atomic E-state index is 6.83. The molecule has 0 unspecified atom stereocenters. The van der Waals surface area contributed by atoms with Crippen LogP contribution < -0.4 is 9.80 Å². The normalized spacial score (nSPS) is 12.2. The van der Waals surface area contributed by atoms with Crippen LogP contribution in [0.15, 0.2) is 179 Å². The molecule has 66 heavy (non-hydrogen) atoms. The van der Waals surface area contributed by atoms with Gasteiger partial charge in [0.25, 0.3) is 0 Å². The van der Waals surface area contributed by atoms with Crippen molar-refractivity contribution in [3.63, 3.8) is 0 Å². The highest BCUT2D eigenvalue weighted by Gasteiger charge is 2.22. The summed E-state index contributed by atoms with van der Waals surface area (Å²) in [5.41, 5.74) is 15.5. The molecule has 2 aromatic heterocycles. The van der Waals surface area contributed by atoms with Crippen LogP contribution in [-0.2, 0) is 0 Å². The first-order valence-electron chi connectivity index (χ1n) is 23.7. The van der Waals surface area contributed by atoms with Gasteiger partial charge in [0.1, 0.15) is 22.3 Å². The van der Waals surface area contributed by atoms with Crippen molar-refractivity contribution >= 4 is 99.5 Å². The summed E-state index contributed by atoms with van der Waals surface area (Å²) in [5, 5.41) is 8.75. The quantitative estimate of drug-likeness (QED) is 0.137. The average Bonchev–Trinajstić information content (AvgIpc) is 3.91. The first kappa shape index (κ1) is 41.4. The second kappa shape index (κ2) is 16.3. The van der Waals surface area contributed by atoms with Crippen molar-refractivity contribution in [2.75, 3.05) is 9.80 Å². The molecular formula is C62H56N2O2. The van der Waals surface area contributed by atoms with Crippen molar-refractivity contribution in [1.82, 2.24) is 0 Å². The van der Waals surface area contributed by atoms with Crippen molar-refractivity contribution < 1.29 is 8.83 Å². The zero-order valence-electron chi connectivity index (χ0n) is 39.2. The Morgan fingerprint density at radius 1 is 0.288 bits per heavy atom. The van der Waals surface area contributed by atoms with Gasteiger partial charge in [0.05, 0.1) is 0 Å². The molecule has 0 atom stereocenters. The smallest absolute Gasteiger partial charge is 0.143 e. The van der Waals surface area contributed by atoms with E-state index in [4.69, 9.17) is 8.83 Å². The number of fused-ring (bicyclic) bond motifs is 11. The van der Waals surface area contributed by atoms with Gasteiger partial charge in [0, 0.05) is 66.4 Å². The van der Waals surface area contributed by atoms with Crippen molar-refractivity contribution in [1.29, 1.82) is 0 Å². The lowest BCUT2D eigenvalue weighted by atomic mass is 9.99. The van der Waals surface area contributed by atoms with Crippen LogP contribution in [0, 0.1) is 0 Å². The van der Waals surface area contributed by atoms with Crippen LogP contribution in [0.1, 0.15) is 101 Å². The van der Waals surface area contributed by atoms with Crippen molar-refractivity contribution in [2.24, 2.45) is 0 Å². The van der Waals surface area contributed by atoms with E-state index in [-0.39, 0.29) is 0 Å². The molecule has 0 amide bonds. The third-order valence-corrected chi connectivity index (χ3v) is 13.8. The van der Waals surface area contributed by atoms with Gasteiger partial charge in [-0.25, -0.2) is 0 Å². The molecule has 326 valence electrons. The number of nitrogens with zero attached hydrogens (tertiary/aromatic N) is 2. The minimum atomic E-state index is 0.465. The Labute approximate surface area is 387 Å². The molecule has 0 aliphatic carbocycles. The zero-order chi connectivity index (χ0) is 45.4. The molecular weight excluding hydrogens is 805 g/mol. The van der Waals surface area contributed by atoms with Crippen molar-refractivity contribution in [2.45, 2.75) is 79.1 Å². The third kappa shape index (κ3) is 7.07. The van der Waals surface area contributed by atoms with Gasteiger partial charge in [-0.1, -0.05) is 116 Å². The van der Waals surface area contributed by atoms with Gasteiger partial charge in [-0.15, -0.1) is 0 Å². The SMILES string of the molecule is CC(C)c1ccc(N(c2ccc(C(C)C)cc2)c2ccc3c(ccc4c3oc3ccc5oc6c7ccc(N(c8ccc(C(C)C)cc8)c8ccc(C(C)C)cc8)cc7ccc6c5c34)c2)cc1. The zero-order valence-corrected chi connectivity index (χ0v) is 39.2. The molecule has 0 aliphatic heterocycles. The van der Waals surface area contributed by atoms with Crippen molar-refractivity contribution in [3.05, 3.63) is 192 Å². The van der Waals surface area contributed by atoms with Crippen LogP contribution in [0.4, 0.5) is 34.1 Å². The van der Waals surface area contributed by atoms with Crippen LogP contribution in [0.25, 0.3) is 65.4 Å². The van der Waals surface area contributed by atoms with E-state index in [0.29, 0.717) is 23.7 Å². The molecule has 0 saturated heterocycles. The predicted octanol–water partition coefficient (Wildman–Crippen LogP) is 19.2. The molecule has 11 aromatic rings. The summed E-state index contributed by atoms with van der Waals surface area (Å²) in [6.45, 7) is 17.9. The van der Waals surface area contributed by atoms with Crippen LogP contribution >= 0.6 is 0 Å². The first-order valence-corrected chi connectivity index (χ1v) is 23.7. The largest absolute Gasteiger partial charge is 0.455 e. The molecule has 11 rings (SSSR count). The van der Waals surface area contributed by atoms with E-state index in [1.165, 1.54) is 22.3 Å². The lowest BCUT2D eigenvalue weighted by Gasteiger charge is -2.26. The van der Waals surface area contributed by atoms with E-state index in [2.05, 4.69) is 235 Å². The number of benzene rings is 9. The first-order chi connectivity index (χ1) is 32.0. The third-order valence-electron chi connectivity index (χ3n) is 13.8. The molecule has 9 aromatic carbocycles. The molecule has 0 spiro atoms. The number of furan rings is 2. The summed E-state index contributed by atoms with van der Waals surface area (Å²) >= 11 is 0. The van der Waals surface area contributed by atoms with Gasteiger partial charge in [0.15, 0.2) is 0 Å². The van der Waals surface area contributed by atoms with Gasteiger partial charge < -0.3 is 18.6 Å². The Morgan fingerprint density at radius 3 is 0.848 bits per heavy atom. The Bertz CT molecular complexity index is 3230. The van der Waals surface area contributed by atoms with Gasteiger partial charge >= 0.3 is 0 Å². The van der Waals surface area contributed by atoms with E-state index in [9.17, 15) is 0 Å². The standard InChI is InChI=1S/C62H56N2O2/c1-37(2)41-9-19-47(20-10-41)63(48-21-11-42(12-22-48)38(3)4)51-27-31-53-45(35-51)17-29-55-59-57(65-61(53)55)33-34-58-60(59)56-30-18-46-36-52(28-32-54(46)62(56)66-58)64(49-23-13-43(14-24-49)39(5)6)50-25-15-44(16-26-50)40(7)8/h9-40H,1-8H3. The van der Waals surface area contributed by atoms with Crippen molar-refractivity contribution in [3.8, 4) is 0 Å². The van der Waals surface area contributed by atoms with Crippen LogP contribution in [0.2, 0.25) is 0 Å². The Balaban J connectivity index is 1.01. The molecule has 0 fully saturated rings. The fraction of sp³-hybridized carbons (Fsp3) is 0.194. The second-order valence-corrected chi connectivity index (χ2v) is 19.4. The maximum absolute atomic E-state index is 6.83. The Kier molecular flexibility index (Phi) is 10.2. The number of hydrogen-bond acceptors (Lipinski definition) is 4. The fourth-order valence-electron chi connectivity index (χ4n) is 9.89. The topological polar surface area (TPSA) is 32.8 Å². The van der Waals surface area contributed by atoms with Crippen LogP contribution in [0.3, 0.4) is 0 Å². The van der Waals surface area contributed by atoms with E-state index in [1.54, 1.807) is 0 Å². The summed E-state index contributed by atoms with van der Waals surface area (Å²) in [6, 6.07) is 62.6. The van der Waals surface area contributed by atoms with Gasteiger partial charge in [-0.2, -0.15) is 0 Å². The van der Waals surface area contributed by atoms with E-state index < -0.39 is 0 Å². The van der Waals surface area contributed by atoms with E-state index in [1.807, 2.05) is 0 Å². The van der Waals surface area contributed by atoms with Gasteiger partial charge in [-0.3, -0.25) is 0 Å². The van der Waals surface area contributed by atoms with Gasteiger partial charge in [-0.05, 0) is 166 Å². The fourth-order valence-corrected chi connectivity index (χ4v) is 9.89. The molecule has 0 radical (unpaired) electrons. The molecule has 0 bridgehead atoms. The molecule has 0 saturated carbocycles. The lowest BCUT2D eigenvalue weighted by Crippen LogP contribution is -2.10. The maximum Gasteiger partial charge on any atom is 0.143 e. The Hall–Kier alpha value is -7.30. The van der Waals surface area contributed by atoms with E-state index in [0.717, 1.165) is 99.5 Å². The average molecular weight is 861 g/mol. The van der Waals surface area contributed by atoms with E-state index >= 15 is 0 Å². The molecule has 4 nitrogen and oxygen atoms in total. The second-order valence-electron chi connectivity index (χ2n) is 19.4.